The Labute approximate surface area is 84.3 Å². The second kappa shape index (κ2) is 4.87. The second-order valence-corrected chi connectivity index (χ2v) is 3.31. The molecule has 3 nitrogen and oxygen atoms in total. The van der Waals surface area contributed by atoms with Crippen molar-refractivity contribution in [1.29, 1.82) is 0 Å². The highest BCUT2D eigenvalue weighted by Crippen LogP contribution is 2.08. The minimum absolute atomic E-state index is 0.0490. The second-order valence-electron chi connectivity index (χ2n) is 2.50. The van der Waals surface area contributed by atoms with E-state index in [1.165, 1.54) is 6.20 Å². The number of hydrogen-bond acceptors (Lipinski definition) is 3. The predicted molar refractivity (Wildman–Crippen MR) is 51.6 cm³/mol. The Morgan fingerprint density at radius 2 is 2.31 bits per heavy atom. The van der Waals surface area contributed by atoms with Crippen molar-refractivity contribution in [3.05, 3.63) is 28.5 Å². The van der Waals surface area contributed by atoms with E-state index in [4.69, 9.17) is 0 Å². The summed E-state index contributed by atoms with van der Waals surface area (Å²) >= 11 is 3.17. The number of rotatable bonds is 4. The van der Waals surface area contributed by atoms with Crippen LogP contribution in [-0.4, -0.2) is 17.1 Å². The number of halogens is 1. The highest BCUT2D eigenvalue weighted by molar-refractivity contribution is 9.10. The van der Waals surface area contributed by atoms with E-state index in [9.17, 15) is 9.59 Å². The summed E-state index contributed by atoms with van der Waals surface area (Å²) in [6, 6.07) is 3.39. The first kappa shape index (κ1) is 10.1. The van der Waals surface area contributed by atoms with Crippen molar-refractivity contribution in [1.82, 2.24) is 4.98 Å². The first-order valence-electron chi connectivity index (χ1n) is 3.82. The zero-order valence-electron chi connectivity index (χ0n) is 6.87. The van der Waals surface area contributed by atoms with Crippen LogP contribution >= 0.6 is 15.9 Å². The lowest BCUT2D eigenvalue weighted by Gasteiger charge is -1.97. The lowest BCUT2D eigenvalue weighted by Crippen LogP contribution is -1.99. The standard InChI is InChI=1S/C9H8BrNO2/c10-9-4-3-7(6-11-9)8(13)2-1-5-12/h3-6H,1-2H2. The Kier molecular flexibility index (Phi) is 3.76. The minimum Gasteiger partial charge on any atom is -0.303 e. The van der Waals surface area contributed by atoms with Gasteiger partial charge in [-0.15, -0.1) is 0 Å². The molecule has 1 heterocycles. The van der Waals surface area contributed by atoms with Crippen LogP contribution in [0.3, 0.4) is 0 Å². The fraction of sp³-hybridized carbons (Fsp3) is 0.222. The number of carbonyl (C=O) groups is 2. The molecule has 4 heteroatoms. The Bertz CT molecular complexity index is 308. The number of aldehydes is 1. The average Bonchev–Trinajstić information content (AvgIpc) is 2.15. The Hall–Kier alpha value is -1.03. The van der Waals surface area contributed by atoms with Crippen molar-refractivity contribution in [3.63, 3.8) is 0 Å². The molecule has 0 atom stereocenters. The van der Waals surface area contributed by atoms with E-state index >= 15 is 0 Å². The molecular weight excluding hydrogens is 234 g/mol. The Morgan fingerprint density at radius 3 is 2.85 bits per heavy atom. The van der Waals surface area contributed by atoms with Crippen molar-refractivity contribution < 1.29 is 9.59 Å². The van der Waals surface area contributed by atoms with Crippen molar-refractivity contribution >= 4 is 28.0 Å². The van der Waals surface area contributed by atoms with Gasteiger partial charge >= 0.3 is 0 Å². The molecule has 0 aromatic carbocycles. The van der Waals surface area contributed by atoms with Crippen molar-refractivity contribution in [3.8, 4) is 0 Å². The largest absolute Gasteiger partial charge is 0.303 e. The van der Waals surface area contributed by atoms with Crippen LogP contribution in [0.5, 0.6) is 0 Å². The summed E-state index contributed by atoms with van der Waals surface area (Å²) in [6.45, 7) is 0. The van der Waals surface area contributed by atoms with E-state index in [0.717, 1.165) is 6.29 Å². The van der Waals surface area contributed by atoms with Gasteiger partial charge in [0.05, 0.1) is 0 Å². The fourth-order valence-electron chi connectivity index (χ4n) is 0.875. The third-order valence-corrected chi connectivity index (χ3v) is 2.01. The van der Waals surface area contributed by atoms with Crippen LogP contribution in [0.15, 0.2) is 22.9 Å². The number of aromatic nitrogens is 1. The first-order chi connectivity index (χ1) is 6.24. The van der Waals surface area contributed by atoms with Crippen molar-refractivity contribution in [2.24, 2.45) is 0 Å². The van der Waals surface area contributed by atoms with Crippen LogP contribution < -0.4 is 0 Å². The van der Waals surface area contributed by atoms with Gasteiger partial charge in [-0.1, -0.05) is 0 Å². The molecule has 0 spiro atoms. The van der Waals surface area contributed by atoms with Gasteiger partial charge in [-0.05, 0) is 28.1 Å². The molecule has 0 aliphatic rings. The van der Waals surface area contributed by atoms with E-state index < -0.39 is 0 Å². The van der Waals surface area contributed by atoms with E-state index in [2.05, 4.69) is 20.9 Å². The molecule has 0 bridgehead atoms. The third kappa shape index (κ3) is 3.06. The summed E-state index contributed by atoms with van der Waals surface area (Å²) in [5.41, 5.74) is 0.546. The van der Waals surface area contributed by atoms with E-state index in [0.29, 0.717) is 10.2 Å². The van der Waals surface area contributed by atoms with Gasteiger partial charge in [0.2, 0.25) is 0 Å². The molecule has 0 aliphatic carbocycles. The zero-order valence-corrected chi connectivity index (χ0v) is 8.45. The van der Waals surface area contributed by atoms with E-state index in [-0.39, 0.29) is 18.6 Å². The maximum absolute atomic E-state index is 11.3. The summed E-state index contributed by atoms with van der Waals surface area (Å²) in [6.07, 6.45) is 2.77. The third-order valence-electron chi connectivity index (χ3n) is 1.54. The molecule has 68 valence electrons. The van der Waals surface area contributed by atoms with Gasteiger partial charge in [0.1, 0.15) is 10.9 Å². The van der Waals surface area contributed by atoms with Crippen LogP contribution in [0.4, 0.5) is 0 Å². The lowest BCUT2D eigenvalue weighted by molar-refractivity contribution is -0.107. The molecule has 0 radical (unpaired) electrons. The molecule has 0 aliphatic heterocycles. The highest BCUT2D eigenvalue weighted by atomic mass is 79.9. The molecule has 0 unspecified atom stereocenters. The maximum atomic E-state index is 11.3. The Morgan fingerprint density at radius 1 is 1.54 bits per heavy atom. The van der Waals surface area contributed by atoms with Gasteiger partial charge < -0.3 is 4.79 Å². The van der Waals surface area contributed by atoms with Crippen LogP contribution in [0.2, 0.25) is 0 Å². The molecule has 0 amide bonds. The molecule has 1 rings (SSSR count). The average molecular weight is 242 g/mol. The molecule has 13 heavy (non-hydrogen) atoms. The summed E-state index contributed by atoms with van der Waals surface area (Å²) in [4.78, 5) is 25.2. The van der Waals surface area contributed by atoms with Gasteiger partial charge in [-0.3, -0.25) is 4.79 Å². The number of nitrogens with zero attached hydrogens (tertiary/aromatic N) is 1. The zero-order chi connectivity index (χ0) is 9.68. The van der Waals surface area contributed by atoms with Crippen molar-refractivity contribution in [2.45, 2.75) is 12.8 Å². The molecule has 1 aromatic heterocycles. The summed E-state index contributed by atoms with van der Waals surface area (Å²) in [5.74, 6) is -0.0490. The van der Waals surface area contributed by atoms with E-state index in [1.54, 1.807) is 12.1 Å². The monoisotopic (exact) mass is 241 g/mol. The Balaban J connectivity index is 2.66. The van der Waals surface area contributed by atoms with Gasteiger partial charge in [0.15, 0.2) is 5.78 Å². The smallest absolute Gasteiger partial charge is 0.164 e. The molecular formula is C9H8BrNO2. The van der Waals surface area contributed by atoms with Crippen LogP contribution in [0, 0.1) is 0 Å². The number of pyridine rings is 1. The quantitative estimate of drug-likeness (QED) is 0.461. The molecule has 0 saturated heterocycles. The van der Waals surface area contributed by atoms with Crippen LogP contribution in [-0.2, 0) is 4.79 Å². The van der Waals surface area contributed by atoms with Gasteiger partial charge in [-0.25, -0.2) is 4.98 Å². The van der Waals surface area contributed by atoms with Crippen LogP contribution in [0.1, 0.15) is 23.2 Å². The molecule has 0 N–H and O–H groups in total. The number of ketones is 1. The summed E-state index contributed by atoms with van der Waals surface area (Å²) in [7, 11) is 0. The fourth-order valence-corrected chi connectivity index (χ4v) is 1.11. The molecule has 0 saturated carbocycles. The van der Waals surface area contributed by atoms with Crippen LogP contribution in [0.25, 0.3) is 0 Å². The van der Waals surface area contributed by atoms with E-state index in [1.807, 2.05) is 0 Å². The summed E-state index contributed by atoms with van der Waals surface area (Å²) < 4.78 is 0.694. The SMILES string of the molecule is O=CCCC(=O)c1ccc(Br)nc1. The van der Waals surface area contributed by atoms with Crippen molar-refractivity contribution in [2.75, 3.05) is 0 Å². The molecule has 0 fully saturated rings. The van der Waals surface area contributed by atoms with Gasteiger partial charge in [0.25, 0.3) is 0 Å². The summed E-state index contributed by atoms with van der Waals surface area (Å²) in [5, 5.41) is 0. The maximum Gasteiger partial charge on any atom is 0.164 e. The normalized spacial score (nSPS) is 9.62. The highest BCUT2D eigenvalue weighted by Gasteiger charge is 2.04. The first-order valence-corrected chi connectivity index (χ1v) is 4.61. The van der Waals surface area contributed by atoms with Gasteiger partial charge in [-0.2, -0.15) is 0 Å². The number of Topliss-reactive ketones (excluding diaryl/α,β-unsaturated/α-hetero) is 1. The minimum atomic E-state index is -0.0490. The number of carbonyl (C=O) groups excluding carboxylic acids is 2. The lowest BCUT2D eigenvalue weighted by atomic mass is 10.1. The topological polar surface area (TPSA) is 47.0 Å². The molecule has 1 aromatic rings. The van der Waals surface area contributed by atoms with Gasteiger partial charge in [0, 0.05) is 24.6 Å². The number of hydrogen-bond donors (Lipinski definition) is 0. The predicted octanol–water partition coefficient (Wildman–Crippen LogP) is 2.01.